The zero-order valence-electron chi connectivity index (χ0n) is 9.39. The Bertz CT molecular complexity index is 179. The molecular weight excluding hydrogens is 172 g/mol. The first-order valence-corrected chi connectivity index (χ1v) is 6.17. The van der Waals surface area contributed by atoms with E-state index in [1.54, 1.807) is 0 Å². The van der Waals surface area contributed by atoms with Crippen LogP contribution in [0.5, 0.6) is 0 Å². The van der Waals surface area contributed by atoms with E-state index in [-0.39, 0.29) is 0 Å². The van der Waals surface area contributed by atoms with Crippen molar-refractivity contribution in [1.29, 1.82) is 0 Å². The molecule has 0 heterocycles. The number of nitrogens with two attached hydrogens (primary N) is 1. The first kappa shape index (κ1) is 10.4. The normalized spacial score (nSPS) is 35.6. The number of hydrogen-bond acceptors (Lipinski definition) is 2. The van der Waals surface area contributed by atoms with E-state index in [4.69, 9.17) is 5.73 Å². The van der Waals surface area contributed by atoms with Gasteiger partial charge >= 0.3 is 0 Å². The van der Waals surface area contributed by atoms with Gasteiger partial charge in [-0.2, -0.15) is 0 Å². The van der Waals surface area contributed by atoms with E-state index in [1.165, 1.54) is 45.1 Å². The summed E-state index contributed by atoms with van der Waals surface area (Å²) >= 11 is 0. The van der Waals surface area contributed by atoms with Crippen molar-refractivity contribution in [3.63, 3.8) is 0 Å². The van der Waals surface area contributed by atoms with Crippen LogP contribution in [-0.4, -0.2) is 18.6 Å². The van der Waals surface area contributed by atoms with E-state index in [9.17, 15) is 0 Å². The molecule has 0 bridgehead atoms. The molecule has 0 aromatic carbocycles. The summed E-state index contributed by atoms with van der Waals surface area (Å²) in [4.78, 5) is 0. The highest BCUT2D eigenvalue weighted by atomic mass is 15.0. The molecule has 0 aromatic rings. The highest BCUT2D eigenvalue weighted by molar-refractivity contribution is 4.97. The van der Waals surface area contributed by atoms with Crippen LogP contribution in [0.2, 0.25) is 0 Å². The predicted molar refractivity (Wildman–Crippen MR) is 60.1 cm³/mol. The van der Waals surface area contributed by atoms with Crippen LogP contribution < -0.4 is 11.1 Å². The number of nitrogens with one attached hydrogen (secondary N) is 1. The fraction of sp³-hybridized carbons (Fsp3) is 1.00. The van der Waals surface area contributed by atoms with E-state index in [1.807, 2.05) is 0 Å². The Balaban J connectivity index is 1.63. The summed E-state index contributed by atoms with van der Waals surface area (Å²) in [6, 6.07) is 0. The second kappa shape index (κ2) is 4.19. The van der Waals surface area contributed by atoms with Crippen LogP contribution in [0.4, 0.5) is 0 Å². The standard InChI is InChI=1S/C12H24N2/c1-12(6-7-12)14-9-11-4-2-10(8-13)3-5-11/h10-11,14H,2-9,13H2,1H3. The molecule has 0 aliphatic heterocycles. The molecule has 0 amide bonds. The maximum Gasteiger partial charge on any atom is 0.0154 e. The lowest BCUT2D eigenvalue weighted by molar-refractivity contribution is 0.265. The van der Waals surface area contributed by atoms with Gasteiger partial charge in [-0.15, -0.1) is 0 Å². The lowest BCUT2D eigenvalue weighted by Crippen LogP contribution is -2.34. The van der Waals surface area contributed by atoms with Gasteiger partial charge in [0.1, 0.15) is 0 Å². The van der Waals surface area contributed by atoms with Gasteiger partial charge in [-0.05, 0) is 70.4 Å². The van der Waals surface area contributed by atoms with Gasteiger partial charge in [0.15, 0.2) is 0 Å². The molecule has 2 heteroatoms. The quantitative estimate of drug-likeness (QED) is 0.720. The lowest BCUT2D eigenvalue weighted by atomic mass is 9.82. The molecule has 2 nitrogen and oxygen atoms in total. The van der Waals surface area contributed by atoms with Gasteiger partial charge in [0, 0.05) is 5.54 Å². The zero-order chi connectivity index (χ0) is 10.0. The fourth-order valence-electron chi connectivity index (χ4n) is 2.43. The first-order chi connectivity index (χ1) is 6.72. The minimum atomic E-state index is 0.519. The van der Waals surface area contributed by atoms with E-state index in [0.29, 0.717) is 5.54 Å². The van der Waals surface area contributed by atoms with Crippen LogP contribution in [0.15, 0.2) is 0 Å². The Kier molecular flexibility index (Phi) is 3.13. The SMILES string of the molecule is CC1(NCC2CCC(CN)CC2)CC1. The Morgan fingerprint density at radius 1 is 1.14 bits per heavy atom. The van der Waals surface area contributed by atoms with Crippen LogP contribution in [0.3, 0.4) is 0 Å². The molecule has 0 saturated heterocycles. The Labute approximate surface area is 87.6 Å². The van der Waals surface area contributed by atoms with Crippen molar-refractivity contribution in [2.45, 2.75) is 51.0 Å². The van der Waals surface area contributed by atoms with E-state index < -0.39 is 0 Å². The van der Waals surface area contributed by atoms with Crippen LogP contribution in [-0.2, 0) is 0 Å². The molecule has 2 rings (SSSR count). The average molecular weight is 196 g/mol. The van der Waals surface area contributed by atoms with Gasteiger partial charge < -0.3 is 11.1 Å². The van der Waals surface area contributed by atoms with Gasteiger partial charge in [-0.1, -0.05) is 0 Å². The third-order valence-electron chi connectivity index (χ3n) is 4.12. The van der Waals surface area contributed by atoms with E-state index in [2.05, 4.69) is 12.2 Å². The Morgan fingerprint density at radius 2 is 1.71 bits per heavy atom. The molecule has 2 aliphatic rings. The second-order valence-corrected chi connectivity index (χ2v) is 5.56. The Hall–Kier alpha value is -0.0800. The van der Waals surface area contributed by atoms with Crippen LogP contribution >= 0.6 is 0 Å². The molecule has 82 valence electrons. The second-order valence-electron chi connectivity index (χ2n) is 5.56. The maximum absolute atomic E-state index is 5.69. The maximum atomic E-state index is 5.69. The monoisotopic (exact) mass is 196 g/mol. The average Bonchev–Trinajstić information content (AvgIpc) is 2.95. The van der Waals surface area contributed by atoms with Crippen LogP contribution in [0.25, 0.3) is 0 Å². The fourth-order valence-corrected chi connectivity index (χ4v) is 2.43. The highest BCUT2D eigenvalue weighted by Gasteiger charge is 2.37. The third kappa shape index (κ3) is 2.71. The van der Waals surface area contributed by atoms with Crippen LogP contribution in [0.1, 0.15) is 45.4 Å². The molecule has 0 aromatic heterocycles. The molecule has 0 atom stereocenters. The van der Waals surface area contributed by atoms with Gasteiger partial charge in [0.2, 0.25) is 0 Å². The van der Waals surface area contributed by atoms with E-state index in [0.717, 1.165) is 18.4 Å². The molecule has 14 heavy (non-hydrogen) atoms. The minimum absolute atomic E-state index is 0.519. The molecule has 2 aliphatic carbocycles. The molecule has 0 spiro atoms. The van der Waals surface area contributed by atoms with Crippen molar-refractivity contribution in [2.75, 3.05) is 13.1 Å². The molecule has 0 radical (unpaired) electrons. The van der Waals surface area contributed by atoms with Crippen molar-refractivity contribution < 1.29 is 0 Å². The minimum Gasteiger partial charge on any atom is -0.330 e. The number of hydrogen-bond donors (Lipinski definition) is 2. The van der Waals surface area contributed by atoms with E-state index >= 15 is 0 Å². The summed E-state index contributed by atoms with van der Waals surface area (Å²) < 4.78 is 0. The summed E-state index contributed by atoms with van der Waals surface area (Å²) in [6.45, 7) is 4.49. The van der Waals surface area contributed by atoms with Gasteiger partial charge in [-0.25, -0.2) is 0 Å². The van der Waals surface area contributed by atoms with Gasteiger partial charge in [0.05, 0.1) is 0 Å². The van der Waals surface area contributed by atoms with Crippen LogP contribution in [0, 0.1) is 11.8 Å². The first-order valence-electron chi connectivity index (χ1n) is 6.17. The van der Waals surface area contributed by atoms with Gasteiger partial charge in [-0.3, -0.25) is 0 Å². The van der Waals surface area contributed by atoms with Gasteiger partial charge in [0.25, 0.3) is 0 Å². The summed E-state index contributed by atoms with van der Waals surface area (Å²) in [5.74, 6) is 1.75. The van der Waals surface area contributed by atoms with Crippen molar-refractivity contribution in [2.24, 2.45) is 17.6 Å². The summed E-state index contributed by atoms with van der Waals surface area (Å²) in [5, 5.41) is 3.70. The van der Waals surface area contributed by atoms with Crippen molar-refractivity contribution in [1.82, 2.24) is 5.32 Å². The lowest BCUT2D eigenvalue weighted by Gasteiger charge is -2.28. The van der Waals surface area contributed by atoms with Crippen molar-refractivity contribution in [3.05, 3.63) is 0 Å². The zero-order valence-corrected chi connectivity index (χ0v) is 9.39. The summed E-state index contributed by atoms with van der Waals surface area (Å²) in [5.41, 5.74) is 6.20. The topological polar surface area (TPSA) is 38.0 Å². The smallest absolute Gasteiger partial charge is 0.0154 e. The highest BCUT2D eigenvalue weighted by Crippen LogP contribution is 2.35. The molecule has 2 saturated carbocycles. The van der Waals surface area contributed by atoms with Crippen molar-refractivity contribution >= 4 is 0 Å². The molecular formula is C12H24N2. The van der Waals surface area contributed by atoms with Crippen molar-refractivity contribution in [3.8, 4) is 0 Å². The molecule has 2 fully saturated rings. The molecule has 3 N–H and O–H groups in total. The third-order valence-corrected chi connectivity index (χ3v) is 4.12. The summed E-state index contributed by atoms with van der Waals surface area (Å²) in [6.07, 6.45) is 8.27. The molecule has 0 unspecified atom stereocenters. The number of rotatable bonds is 4. The largest absolute Gasteiger partial charge is 0.330 e. The summed E-state index contributed by atoms with van der Waals surface area (Å²) in [7, 11) is 0. The predicted octanol–water partition coefficient (Wildman–Crippen LogP) is 1.89. The Morgan fingerprint density at radius 3 is 2.21 bits per heavy atom.